The van der Waals surface area contributed by atoms with Gasteiger partial charge >= 0.3 is 0 Å². The van der Waals surface area contributed by atoms with Crippen LogP contribution >= 0.6 is 0 Å². The van der Waals surface area contributed by atoms with E-state index >= 15 is 0 Å². The van der Waals surface area contributed by atoms with Crippen LogP contribution in [-0.4, -0.2) is 14.1 Å². The fourth-order valence-electron chi connectivity index (χ4n) is 2.08. The largest absolute Gasteiger partial charge is 0.378 e. The molecule has 0 bridgehead atoms. The van der Waals surface area contributed by atoms with E-state index in [1.807, 2.05) is 6.08 Å². The Morgan fingerprint density at radius 3 is 2.50 bits per heavy atom. The van der Waals surface area contributed by atoms with Crippen LogP contribution in [0.1, 0.15) is 18.0 Å². The van der Waals surface area contributed by atoms with Crippen LogP contribution in [0.4, 0.5) is 5.69 Å². The summed E-state index contributed by atoms with van der Waals surface area (Å²) in [7, 11) is 4.10. The molecule has 2 aromatic carbocycles. The predicted molar refractivity (Wildman–Crippen MR) is 80.0 cm³/mol. The number of hydrogen-bond donors (Lipinski definition) is 1. The number of anilines is 1. The lowest BCUT2D eigenvalue weighted by atomic mass is 10.00. The molecule has 0 radical (unpaired) electrons. The van der Waals surface area contributed by atoms with E-state index in [2.05, 4.69) is 62.0 Å². The minimum atomic E-state index is 0.0421. The molecule has 2 heteroatoms. The lowest BCUT2D eigenvalue weighted by Gasteiger charge is -2.14. The monoisotopic (exact) mass is 240 g/mol. The Labute approximate surface area is 109 Å². The van der Waals surface area contributed by atoms with Gasteiger partial charge in [-0.15, -0.1) is 6.58 Å². The first-order chi connectivity index (χ1) is 8.61. The van der Waals surface area contributed by atoms with E-state index in [4.69, 9.17) is 5.73 Å². The maximum atomic E-state index is 6.10. The number of fused-ring (bicyclic) bond motifs is 1. The van der Waals surface area contributed by atoms with Crippen molar-refractivity contribution in [2.24, 2.45) is 5.73 Å². The molecule has 1 unspecified atom stereocenters. The molecule has 0 aromatic heterocycles. The van der Waals surface area contributed by atoms with Crippen molar-refractivity contribution >= 4 is 16.5 Å². The number of hydrogen-bond acceptors (Lipinski definition) is 2. The van der Waals surface area contributed by atoms with Crippen molar-refractivity contribution in [3.05, 3.63) is 54.6 Å². The molecule has 0 aliphatic heterocycles. The smallest absolute Gasteiger partial charge is 0.0367 e. The van der Waals surface area contributed by atoms with Crippen molar-refractivity contribution in [1.29, 1.82) is 0 Å². The fraction of sp³-hybridized carbons (Fsp3) is 0.250. The minimum Gasteiger partial charge on any atom is -0.378 e. The Balaban J connectivity index is 2.41. The number of nitrogens with two attached hydrogens (primary N) is 1. The Morgan fingerprint density at radius 2 is 1.83 bits per heavy atom. The zero-order chi connectivity index (χ0) is 13.1. The second kappa shape index (κ2) is 5.23. The van der Waals surface area contributed by atoms with Crippen LogP contribution in [0, 0.1) is 0 Å². The van der Waals surface area contributed by atoms with Crippen LogP contribution in [0.2, 0.25) is 0 Å². The van der Waals surface area contributed by atoms with Crippen molar-refractivity contribution in [3.63, 3.8) is 0 Å². The van der Waals surface area contributed by atoms with Gasteiger partial charge in [-0.25, -0.2) is 0 Å². The molecule has 0 aliphatic rings. The summed E-state index contributed by atoms with van der Waals surface area (Å²) in [5.41, 5.74) is 8.48. The van der Waals surface area contributed by atoms with E-state index in [1.165, 1.54) is 22.0 Å². The van der Waals surface area contributed by atoms with Crippen LogP contribution in [0.15, 0.2) is 49.1 Å². The summed E-state index contributed by atoms with van der Waals surface area (Å²) in [6.45, 7) is 3.73. The zero-order valence-electron chi connectivity index (χ0n) is 11.1. The molecule has 0 amide bonds. The van der Waals surface area contributed by atoms with E-state index in [1.54, 1.807) is 0 Å². The molecular weight excluding hydrogens is 220 g/mol. The Bertz CT molecular complexity index is 558. The van der Waals surface area contributed by atoms with Gasteiger partial charge in [0.2, 0.25) is 0 Å². The first-order valence-corrected chi connectivity index (χ1v) is 6.19. The summed E-state index contributed by atoms with van der Waals surface area (Å²) in [5.74, 6) is 0. The molecule has 2 rings (SSSR count). The molecule has 2 N–H and O–H groups in total. The first kappa shape index (κ1) is 12.7. The van der Waals surface area contributed by atoms with Gasteiger partial charge in [0.1, 0.15) is 0 Å². The van der Waals surface area contributed by atoms with Crippen LogP contribution in [0.25, 0.3) is 10.8 Å². The van der Waals surface area contributed by atoms with Crippen molar-refractivity contribution < 1.29 is 0 Å². The standard InChI is InChI=1S/C16H20N2/c1-4-5-16(17)14-7-6-13-11-15(18(2)3)9-8-12(13)10-14/h4,6-11,16H,1,5,17H2,2-3H3. The summed E-state index contributed by atoms with van der Waals surface area (Å²) in [4.78, 5) is 2.11. The molecule has 0 spiro atoms. The molecule has 0 heterocycles. The zero-order valence-corrected chi connectivity index (χ0v) is 11.1. The second-order valence-corrected chi connectivity index (χ2v) is 4.82. The van der Waals surface area contributed by atoms with Crippen molar-refractivity contribution in [2.75, 3.05) is 19.0 Å². The van der Waals surface area contributed by atoms with Crippen LogP contribution in [-0.2, 0) is 0 Å². The van der Waals surface area contributed by atoms with Gasteiger partial charge in [-0.05, 0) is 41.0 Å². The summed E-state index contributed by atoms with van der Waals surface area (Å²) >= 11 is 0. The average molecular weight is 240 g/mol. The van der Waals surface area contributed by atoms with Gasteiger partial charge in [0.25, 0.3) is 0 Å². The third-order valence-electron chi connectivity index (χ3n) is 3.21. The lowest BCUT2D eigenvalue weighted by Crippen LogP contribution is -2.09. The van der Waals surface area contributed by atoms with E-state index in [-0.39, 0.29) is 6.04 Å². The summed E-state index contributed by atoms with van der Waals surface area (Å²) in [6, 6.07) is 12.9. The van der Waals surface area contributed by atoms with Crippen LogP contribution < -0.4 is 10.6 Å². The van der Waals surface area contributed by atoms with Gasteiger partial charge in [-0.2, -0.15) is 0 Å². The average Bonchev–Trinajstić information content (AvgIpc) is 2.37. The Hall–Kier alpha value is -1.80. The van der Waals surface area contributed by atoms with Gasteiger partial charge in [-0.1, -0.05) is 24.3 Å². The molecule has 0 saturated carbocycles. The van der Waals surface area contributed by atoms with Crippen molar-refractivity contribution in [3.8, 4) is 0 Å². The third-order valence-corrected chi connectivity index (χ3v) is 3.21. The SMILES string of the molecule is C=CCC(N)c1ccc2cc(N(C)C)ccc2c1. The van der Waals surface area contributed by atoms with E-state index in [0.717, 1.165) is 6.42 Å². The van der Waals surface area contributed by atoms with Crippen molar-refractivity contribution in [2.45, 2.75) is 12.5 Å². The maximum absolute atomic E-state index is 6.10. The Kier molecular flexibility index (Phi) is 3.68. The normalized spacial score (nSPS) is 12.4. The predicted octanol–water partition coefficient (Wildman–Crippen LogP) is 3.48. The first-order valence-electron chi connectivity index (χ1n) is 6.19. The van der Waals surface area contributed by atoms with E-state index < -0.39 is 0 Å². The number of benzene rings is 2. The highest BCUT2D eigenvalue weighted by molar-refractivity contribution is 5.86. The molecule has 18 heavy (non-hydrogen) atoms. The highest BCUT2D eigenvalue weighted by atomic mass is 15.1. The van der Waals surface area contributed by atoms with Gasteiger partial charge in [0.05, 0.1) is 0 Å². The van der Waals surface area contributed by atoms with Gasteiger partial charge in [-0.3, -0.25) is 0 Å². The highest BCUT2D eigenvalue weighted by Gasteiger charge is 2.05. The van der Waals surface area contributed by atoms with Gasteiger partial charge in [0.15, 0.2) is 0 Å². The molecule has 0 fully saturated rings. The summed E-state index contributed by atoms with van der Waals surface area (Å²) in [6.07, 6.45) is 2.67. The summed E-state index contributed by atoms with van der Waals surface area (Å²) in [5, 5.41) is 2.48. The van der Waals surface area contributed by atoms with Crippen molar-refractivity contribution in [1.82, 2.24) is 0 Å². The second-order valence-electron chi connectivity index (χ2n) is 4.82. The van der Waals surface area contributed by atoms with Crippen LogP contribution in [0.5, 0.6) is 0 Å². The molecule has 2 aromatic rings. The molecule has 0 aliphatic carbocycles. The topological polar surface area (TPSA) is 29.3 Å². The fourth-order valence-corrected chi connectivity index (χ4v) is 2.08. The molecular formula is C16H20N2. The maximum Gasteiger partial charge on any atom is 0.0367 e. The van der Waals surface area contributed by atoms with E-state index in [0.29, 0.717) is 0 Å². The minimum absolute atomic E-state index is 0.0421. The molecule has 0 saturated heterocycles. The molecule has 94 valence electrons. The quantitative estimate of drug-likeness (QED) is 0.829. The Morgan fingerprint density at radius 1 is 1.17 bits per heavy atom. The highest BCUT2D eigenvalue weighted by Crippen LogP contribution is 2.24. The molecule has 2 nitrogen and oxygen atoms in total. The van der Waals surface area contributed by atoms with Gasteiger partial charge < -0.3 is 10.6 Å². The van der Waals surface area contributed by atoms with E-state index in [9.17, 15) is 0 Å². The summed E-state index contributed by atoms with van der Waals surface area (Å²) < 4.78 is 0. The van der Waals surface area contributed by atoms with Crippen LogP contribution in [0.3, 0.4) is 0 Å². The number of nitrogens with zero attached hydrogens (tertiary/aromatic N) is 1. The van der Waals surface area contributed by atoms with Gasteiger partial charge in [0, 0.05) is 25.8 Å². The molecule has 1 atom stereocenters. The third kappa shape index (κ3) is 2.54. The lowest BCUT2D eigenvalue weighted by molar-refractivity contribution is 0.743. The number of rotatable bonds is 4.